The third-order valence-electron chi connectivity index (χ3n) is 5.57. The van der Waals surface area contributed by atoms with Gasteiger partial charge < -0.3 is 29.4 Å². The summed E-state index contributed by atoms with van der Waals surface area (Å²) in [5.41, 5.74) is 1.25. The van der Waals surface area contributed by atoms with Crippen LogP contribution in [0.3, 0.4) is 0 Å². The number of nitrogens with one attached hydrogen (secondary N) is 1. The van der Waals surface area contributed by atoms with Crippen LogP contribution in [0.4, 0.5) is 0 Å². The number of aliphatic hydroxyl groups is 1. The van der Waals surface area contributed by atoms with Crippen molar-refractivity contribution >= 4 is 0 Å². The van der Waals surface area contributed by atoms with E-state index in [1.54, 1.807) is 33.5 Å². The number of benzene rings is 2. The summed E-state index contributed by atoms with van der Waals surface area (Å²) in [7, 11) is 4.74. The molecule has 0 amide bonds. The van der Waals surface area contributed by atoms with Crippen molar-refractivity contribution in [3.8, 4) is 28.7 Å². The first-order valence-electron chi connectivity index (χ1n) is 10.7. The molecule has 3 unspecified atom stereocenters. The first-order valence-corrected chi connectivity index (χ1v) is 10.7. The minimum Gasteiger partial charge on any atom is -0.493 e. The van der Waals surface area contributed by atoms with Gasteiger partial charge in [0.25, 0.3) is 0 Å². The quantitative estimate of drug-likeness (QED) is 0.640. The van der Waals surface area contributed by atoms with E-state index in [4.69, 9.17) is 18.9 Å². The Hall–Kier alpha value is -2.44. The van der Waals surface area contributed by atoms with Crippen LogP contribution in [0, 0.1) is 5.92 Å². The van der Waals surface area contributed by atoms with Gasteiger partial charge in [0.1, 0.15) is 11.5 Å². The Kier molecular flexibility index (Phi) is 7.34. The van der Waals surface area contributed by atoms with E-state index in [0.29, 0.717) is 28.9 Å². The van der Waals surface area contributed by atoms with Crippen molar-refractivity contribution in [2.75, 3.05) is 21.3 Å². The number of aliphatic hydroxyl groups excluding tert-OH is 1. The largest absolute Gasteiger partial charge is 0.493 e. The molecular weight excluding hydrogens is 394 g/mol. The Morgan fingerprint density at radius 1 is 0.903 bits per heavy atom. The molecule has 1 saturated carbocycles. The minimum absolute atomic E-state index is 0.00629. The van der Waals surface area contributed by atoms with Crippen molar-refractivity contribution in [3.63, 3.8) is 0 Å². The van der Waals surface area contributed by atoms with Crippen molar-refractivity contribution in [1.29, 1.82) is 0 Å². The predicted molar refractivity (Wildman–Crippen MR) is 122 cm³/mol. The van der Waals surface area contributed by atoms with Gasteiger partial charge in [-0.15, -0.1) is 0 Å². The van der Waals surface area contributed by atoms with Crippen LogP contribution in [-0.4, -0.2) is 44.1 Å². The van der Waals surface area contributed by atoms with Crippen LogP contribution in [0.25, 0.3) is 0 Å². The first kappa shape index (κ1) is 23.2. The molecule has 3 rings (SSSR count). The summed E-state index contributed by atoms with van der Waals surface area (Å²) < 4.78 is 22.1. The summed E-state index contributed by atoms with van der Waals surface area (Å²) in [6, 6.07) is 11.8. The third-order valence-corrected chi connectivity index (χ3v) is 5.57. The van der Waals surface area contributed by atoms with Gasteiger partial charge in [-0.2, -0.15) is 0 Å². The van der Waals surface area contributed by atoms with E-state index in [2.05, 4.69) is 38.2 Å². The fourth-order valence-electron chi connectivity index (χ4n) is 4.28. The molecule has 1 fully saturated rings. The van der Waals surface area contributed by atoms with E-state index in [1.165, 1.54) is 5.56 Å². The van der Waals surface area contributed by atoms with E-state index in [0.717, 1.165) is 25.0 Å². The molecule has 0 aromatic heterocycles. The van der Waals surface area contributed by atoms with Crippen LogP contribution in [0.5, 0.6) is 28.7 Å². The van der Waals surface area contributed by atoms with Gasteiger partial charge in [0.05, 0.1) is 27.4 Å². The molecule has 0 aliphatic heterocycles. The summed E-state index contributed by atoms with van der Waals surface area (Å²) in [5.74, 6) is 3.44. The van der Waals surface area contributed by atoms with Gasteiger partial charge in [0, 0.05) is 23.7 Å². The van der Waals surface area contributed by atoms with Crippen LogP contribution in [-0.2, 0) is 6.42 Å². The molecule has 1 aliphatic rings. The maximum Gasteiger partial charge on any atom is 0.203 e. The fraction of sp³-hybridized carbons (Fsp3) is 0.520. The molecule has 2 aromatic carbocycles. The molecule has 6 nitrogen and oxygen atoms in total. The fourth-order valence-corrected chi connectivity index (χ4v) is 4.28. The van der Waals surface area contributed by atoms with E-state index in [9.17, 15) is 5.11 Å². The summed E-state index contributed by atoms with van der Waals surface area (Å²) in [5, 5.41) is 14.0. The Morgan fingerprint density at radius 2 is 1.52 bits per heavy atom. The highest BCUT2D eigenvalue weighted by Gasteiger charge is 2.34. The van der Waals surface area contributed by atoms with Crippen LogP contribution >= 0.6 is 0 Å². The van der Waals surface area contributed by atoms with Crippen LogP contribution < -0.4 is 24.3 Å². The second kappa shape index (κ2) is 9.79. The third kappa shape index (κ3) is 6.05. The zero-order valence-electron chi connectivity index (χ0n) is 19.4. The molecule has 170 valence electrons. The molecule has 0 heterocycles. The number of methoxy groups -OCH3 is 3. The van der Waals surface area contributed by atoms with Gasteiger partial charge in [0.15, 0.2) is 11.5 Å². The van der Waals surface area contributed by atoms with E-state index < -0.39 is 0 Å². The predicted octanol–water partition coefficient (Wildman–Crippen LogP) is 4.57. The van der Waals surface area contributed by atoms with Crippen molar-refractivity contribution in [3.05, 3.63) is 42.0 Å². The number of rotatable bonds is 8. The molecule has 0 saturated heterocycles. The van der Waals surface area contributed by atoms with Gasteiger partial charge in [-0.1, -0.05) is 12.1 Å². The molecule has 1 aliphatic carbocycles. The van der Waals surface area contributed by atoms with E-state index in [1.807, 2.05) is 12.1 Å². The molecule has 31 heavy (non-hydrogen) atoms. The second-order valence-corrected chi connectivity index (χ2v) is 9.22. The summed E-state index contributed by atoms with van der Waals surface area (Å²) in [6.45, 7) is 6.42. The standard InChI is InChI=1S/C25H35NO5/c1-25(2,3)26-20-12-17(13-21(20)27)11-16-7-9-18(10-8-16)31-19-14-22(28-4)24(30-6)23(15-19)29-5/h7-10,14-15,17,20-21,26-27H,11-13H2,1-6H3. The maximum atomic E-state index is 10.4. The highest BCUT2D eigenvalue weighted by atomic mass is 16.5. The van der Waals surface area contributed by atoms with Crippen molar-refractivity contribution in [1.82, 2.24) is 5.32 Å². The van der Waals surface area contributed by atoms with Gasteiger partial charge in [-0.25, -0.2) is 0 Å². The summed E-state index contributed by atoms with van der Waals surface area (Å²) >= 11 is 0. The summed E-state index contributed by atoms with van der Waals surface area (Å²) in [6.07, 6.45) is 2.48. The molecule has 0 spiro atoms. The SMILES string of the molecule is COc1cc(Oc2ccc(CC3CC(O)C(NC(C)(C)C)C3)cc2)cc(OC)c1OC. The van der Waals surface area contributed by atoms with E-state index >= 15 is 0 Å². The van der Waals surface area contributed by atoms with Gasteiger partial charge in [-0.3, -0.25) is 0 Å². The lowest BCUT2D eigenvalue weighted by molar-refractivity contribution is 0.133. The smallest absolute Gasteiger partial charge is 0.203 e. The number of ether oxygens (including phenoxy) is 4. The minimum atomic E-state index is -0.285. The van der Waals surface area contributed by atoms with Crippen molar-refractivity contribution < 1.29 is 24.1 Å². The molecule has 0 radical (unpaired) electrons. The highest BCUT2D eigenvalue weighted by molar-refractivity contribution is 5.56. The average molecular weight is 430 g/mol. The molecule has 2 N–H and O–H groups in total. The monoisotopic (exact) mass is 429 g/mol. The number of hydrogen-bond donors (Lipinski definition) is 2. The molecule has 0 bridgehead atoms. The maximum absolute atomic E-state index is 10.4. The number of hydrogen-bond acceptors (Lipinski definition) is 6. The normalized spacial score (nSPS) is 21.1. The first-order chi connectivity index (χ1) is 14.7. The molecular formula is C25H35NO5. The lowest BCUT2D eigenvalue weighted by Crippen LogP contribution is -2.47. The molecule has 2 aromatic rings. The molecule has 3 atom stereocenters. The van der Waals surface area contributed by atoms with Gasteiger partial charge in [-0.05, 0) is 63.6 Å². The Labute approximate surface area is 185 Å². The highest BCUT2D eigenvalue weighted by Crippen LogP contribution is 2.42. The van der Waals surface area contributed by atoms with Gasteiger partial charge >= 0.3 is 0 Å². The second-order valence-electron chi connectivity index (χ2n) is 9.22. The topological polar surface area (TPSA) is 69.2 Å². The Bertz CT molecular complexity index is 834. The van der Waals surface area contributed by atoms with Gasteiger partial charge in [0.2, 0.25) is 5.75 Å². The average Bonchev–Trinajstić information content (AvgIpc) is 3.05. The van der Waals surface area contributed by atoms with Crippen LogP contribution in [0.1, 0.15) is 39.2 Å². The zero-order valence-corrected chi connectivity index (χ0v) is 19.4. The summed E-state index contributed by atoms with van der Waals surface area (Å²) in [4.78, 5) is 0. The van der Waals surface area contributed by atoms with Crippen molar-refractivity contribution in [2.45, 2.75) is 57.7 Å². The Morgan fingerprint density at radius 3 is 2.03 bits per heavy atom. The molecule has 6 heteroatoms. The van der Waals surface area contributed by atoms with E-state index in [-0.39, 0.29) is 17.7 Å². The van der Waals surface area contributed by atoms with Crippen LogP contribution in [0.2, 0.25) is 0 Å². The lowest BCUT2D eigenvalue weighted by atomic mass is 9.97. The Balaban J connectivity index is 1.64. The van der Waals surface area contributed by atoms with Crippen molar-refractivity contribution in [2.24, 2.45) is 5.92 Å². The lowest BCUT2D eigenvalue weighted by Gasteiger charge is -2.27. The van der Waals surface area contributed by atoms with Crippen LogP contribution in [0.15, 0.2) is 36.4 Å². The zero-order chi connectivity index (χ0) is 22.6.